The second kappa shape index (κ2) is 5.39. The molecule has 1 fully saturated rings. The molecule has 2 atom stereocenters. The summed E-state index contributed by atoms with van der Waals surface area (Å²) >= 11 is 0. The molecule has 1 aromatic carbocycles. The largest absolute Gasteiger partial charge is 0.365 e. The van der Waals surface area contributed by atoms with Crippen LogP contribution >= 0.6 is 0 Å². The first-order valence-electron chi connectivity index (χ1n) is 6.59. The van der Waals surface area contributed by atoms with Gasteiger partial charge in [-0.3, -0.25) is 0 Å². The van der Waals surface area contributed by atoms with E-state index in [2.05, 4.69) is 18.3 Å². The van der Waals surface area contributed by atoms with E-state index in [0.29, 0.717) is 11.6 Å². The number of anilines is 1. The Labute approximate surface area is 108 Å². The van der Waals surface area contributed by atoms with E-state index in [0.717, 1.165) is 32.1 Å². The maximum absolute atomic E-state index is 13.7. The second-order valence-electron chi connectivity index (χ2n) is 5.33. The molecule has 3 heteroatoms. The third-order valence-electron chi connectivity index (χ3n) is 3.83. The van der Waals surface area contributed by atoms with Crippen LogP contribution in [-0.4, -0.2) is 5.54 Å². The average Bonchev–Trinajstić information content (AvgIpc) is 2.56. The molecule has 0 amide bonds. The van der Waals surface area contributed by atoms with Gasteiger partial charge >= 0.3 is 0 Å². The fourth-order valence-corrected chi connectivity index (χ4v) is 2.60. The Morgan fingerprint density at radius 2 is 2.11 bits per heavy atom. The van der Waals surface area contributed by atoms with E-state index in [-0.39, 0.29) is 5.82 Å². The number of rotatable bonds is 2. The van der Waals surface area contributed by atoms with Crippen LogP contribution in [0.4, 0.5) is 10.1 Å². The number of nitrogens with one attached hydrogen (secondary N) is 1. The molecule has 1 N–H and O–H groups in total. The Balaban J connectivity index is 2.18. The van der Waals surface area contributed by atoms with Gasteiger partial charge in [-0.25, -0.2) is 4.39 Å². The monoisotopic (exact) mass is 246 g/mol. The molecule has 1 aromatic rings. The van der Waals surface area contributed by atoms with Crippen molar-refractivity contribution in [3.63, 3.8) is 0 Å². The standard InChI is InChI=1S/C15H19FN2/c1-12-5-4-9-15(11-17,10-8-12)18-14-7-3-2-6-13(14)16/h2-3,6-7,12,18H,4-5,8-10H2,1H3. The number of nitriles is 1. The highest BCUT2D eigenvalue weighted by molar-refractivity contribution is 5.48. The third kappa shape index (κ3) is 2.81. The van der Waals surface area contributed by atoms with Gasteiger partial charge in [-0.2, -0.15) is 5.26 Å². The van der Waals surface area contributed by atoms with Gasteiger partial charge in [0.1, 0.15) is 11.4 Å². The average molecular weight is 246 g/mol. The van der Waals surface area contributed by atoms with Crippen molar-refractivity contribution in [2.24, 2.45) is 5.92 Å². The molecule has 96 valence electrons. The van der Waals surface area contributed by atoms with Gasteiger partial charge in [0, 0.05) is 0 Å². The molecule has 0 aliphatic heterocycles. The molecule has 1 saturated carbocycles. The highest BCUT2D eigenvalue weighted by atomic mass is 19.1. The zero-order valence-electron chi connectivity index (χ0n) is 10.7. The second-order valence-corrected chi connectivity index (χ2v) is 5.33. The van der Waals surface area contributed by atoms with E-state index < -0.39 is 5.54 Å². The van der Waals surface area contributed by atoms with Crippen LogP contribution in [0.3, 0.4) is 0 Å². The van der Waals surface area contributed by atoms with Crippen LogP contribution in [0.15, 0.2) is 24.3 Å². The highest BCUT2D eigenvalue weighted by Gasteiger charge is 2.32. The van der Waals surface area contributed by atoms with Gasteiger partial charge in [-0.05, 0) is 43.7 Å². The van der Waals surface area contributed by atoms with Crippen LogP contribution in [0.5, 0.6) is 0 Å². The fourth-order valence-electron chi connectivity index (χ4n) is 2.60. The van der Waals surface area contributed by atoms with Crippen LogP contribution < -0.4 is 5.32 Å². The van der Waals surface area contributed by atoms with Crippen molar-refractivity contribution >= 4 is 5.69 Å². The van der Waals surface area contributed by atoms with Crippen molar-refractivity contribution in [2.75, 3.05) is 5.32 Å². The molecule has 0 aromatic heterocycles. The first-order chi connectivity index (χ1) is 8.65. The maximum atomic E-state index is 13.7. The first-order valence-corrected chi connectivity index (χ1v) is 6.59. The minimum atomic E-state index is -0.604. The van der Waals surface area contributed by atoms with Crippen LogP contribution in [-0.2, 0) is 0 Å². The SMILES string of the molecule is CC1CCCC(C#N)(Nc2ccccc2F)CC1. The Morgan fingerprint density at radius 3 is 2.83 bits per heavy atom. The summed E-state index contributed by atoms with van der Waals surface area (Å²) in [6.45, 7) is 2.22. The number of para-hydroxylation sites is 1. The van der Waals surface area contributed by atoms with Crippen molar-refractivity contribution in [1.82, 2.24) is 0 Å². The highest BCUT2D eigenvalue weighted by Crippen LogP contribution is 2.33. The van der Waals surface area contributed by atoms with E-state index >= 15 is 0 Å². The number of halogens is 1. The molecule has 1 aliphatic rings. The predicted octanol–water partition coefficient (Wildman–Crippen LogP) is 4.10. The van der Waals surface area contributed by atoms with Crippen molar-refractivity contribution in [3.05, 3.63) is 30.1 Å². The van der Waals surface area contributed by atoms with E-state index in [1.807, 2.05) is 0 Å². The molecule has 18 heavy (non-hydrogen) atoms. The first kappa shape index (κ1) is 12.9. The van der Waals surface area contributed by atoms with Crippen molar-refractivity contribution in [2.45, 2.75) is 44.6 Å². The third-order valence-corrected chi connectivity index (χ3v) is 3.83. The molecule has 0 bridgehead atoms. The molecule has 0 radical (unpaired) electrons. The van der Waals surface area contributed by atoms with Gasteiger partial charge in [0.25, 0.3) is 0 Å². The number of nitrogens with zero attached hydrogens (tertiary/aromatic N) is 1. The summed E-state index contributed by atoms with van der Waals surface area (Å²) in [5.74, 6) is 0.368. The van der Waals surface area contributed by atoms with Gasteiger partial charge in [-0.15, -0.1) is 0 Å². The Morgan fingerprint density at radius 1 is 1.33 bits per heavy atom. The minimum Gasteiger partial charge on any atom is -0.365 e. The van der Waals surface area contributed by atoms with Gasteiger partial charge in [-0.1, -0.05) is 25.5 Å². The maximum Gasteiger partial charge on any atom is 0.146 e. The molecule has 1 aliphatic carbocycles. The lowest BCUT2D eigenvalue weighted by atomic mass is 9.91. The normalized spacial score (nSPS) is 28.2. The Kier molecular flexibility index (Phi) is 3.86. The lowest BCUT2D eigenvalue weighted by molar-refractivity contribution is 0.477. The molecule has 0 saturated heterocycles. The van der Waals surface area contributed by atoms with E-state index in [1.165, 1.54) is 6.07 Å². The summed E-state index contributed by atoms with van der Waals surface area (Å²) in [4.78, 5) is 0. The van der Waals surface area contributed by atoms with Gasteiger partial charge in [0.15, 0.2) is 0 Å². The molecule has 0 heterocycles. The van der Waals surface area contributed by atoms with Crippen LogP contribution in [0, 0.1) is 23.1 Å². The summed E-state index contributed by atoms with van der Waals surface area (Å²) in [7, 11) is 0. The summed E-state index contributed by atoms with van der Waals surface area (Å²) in [6.07, 6.45) is 4.79. The molecule has 0 spiro atoms. The van der Waals surface area contributed by atoms with Crippen molar-refractivity contribution in [3.8, 4) is 6.07 Å². The van der Waals surface area contributed by atoms with E-state index in [9.17, 15) is 9.65 Å². The fraction of sp³-hybridized carbons (Fsp3) is 0.533. The van der Waals surface area contributed by atoms with Crippen LogP contribution in [0.1, 0.15) is 39.0 Å². The topological polar surface area (TPSA) is 35.8 Å². The summed E-state index contributed by atoms with van der Waals surface area (Å²) < 4.78 is 13.7. The molecule has 2 rings (SSSR count). The quantitative estimate of drug-likeness (QED) is 0.797. The van der Waals surface area contributed by atoms with Crippen molar-refractivity contribution in [1.29, 1.82) is 5.26 Å². The zero-order chi connectivity index (χ0) is 13.0. The smallest absolute Gasteiger partial charge is 0.146 e. The number of benzene rings is 1. The van der Waals surface area contributed by atoms with Gasteiger partial charge in [0.05, 0.1) is 11.8 Å². The Hall–Kier alpha value is -1.56. The zero-order valence-corrected chi connectivity index (χ0v) is 10.7. The predicted molar refractivity (Wildman–Crippen MR) is 70.6 cm³/mol. The van der Waals surface area contributed by atoms with Crippen LogP contribution in [0.2, 0.25) is 0 Å². The summed E-state index contributed by atoms with van der Waals surface area (Å²) in [5.41, 5.74) is -0.166. The van der Waals surface area contributed by atoms with E-state index in [1.54, 1.807) is 18.2 Å². The Bertz CT molecular complexity index is 452. The molecule has 2 unspecified atom stereocenters. The van der Waals surface area contributed by atoms with Crippen LogP contribution in [0.25, 0.3) is 0 Å². The molecule has 2 nitrogen and oxygen atoms in total. The number of hydrogen-bond acceptors (Lipinski definition) is 2. The lowest BCUT2D eigenvalue weighted by Crippen LogP contribution is -2.36. The van der Waals surface area contributed by atoms with Gasteiger partial charge < -0.3 is 5.32 Å². The lowest BCUT2D eigenvalue weighted by Gasteiger charge is -2.27. The summed E-state index contributed by atoms with van der Waals surface area (Å²) in [6, 6.07) is 8.95. The molecular weight excluding hydrogens is 227 g/mol. The summed E-state index contributed by atoms with van der Waals surface area (Å²) in [5, 5.41) is 12.6. The minimum absolute atomic E-state index is 0.288. The van der Waals surface area contributed by atoms with E-state index in [4.69, 9.17) is 0 Å². The van der Waals surface area contributed by atoms with Crippen molar-refractivity contribution < 1.29 is 4.39 Å². The molecular formula is C15H19FN2. The van der Waals surface area contributed by atoms with Gasteiger partial charge in [0.2, 0.25) is 0 Å². The number of hydrogen-bond donors (Lipinski definition) is 1.